The van der Waals surface area contributed by atoms with Crippen LogP contribution in [0.1, 0.15) is 0 Å². The number of nitrogens with one attached hydrogen (secondary N) is 1. The minimum absolute atomic E-state index is 0.0851. The smallest absolute Gasteiger partial charge is 0.270 e. The third kappa shape index (κ3) is 1.97. The Morgan fingerprint density at radius 2 is 2.55 bits per heavy atom. The van der Waals surface area contributed by atoms with Gasteiger partial charge in [-0.15, -0.1) is 5.10 Å². The largest absolute Gasteiger partial charge is 0.322 e. The maximum absolute atomic E-state index is 10.6. The fourth-order valence-electron chi connectivity index (χ4n) is 0.510. The SMILES string of the molecule is Cn1nnc(NC(=O)CN)n1. The Labute approximate surface area is 62.6 Å². The molecular formula is C4H8N6O. The van der Waals surface area contributed by atoms with Crippen LogP contribution < -0.4 is 11.1 Å². The van der Waals surface area contributed by atoms with Crippen molar-refractivity contribution in [3.05, 3.63) is 0 Å². The van der Waals surface area contributed by atoms with Crippen LogP contribution in [0, 0.1) is 0 Å². The quantitative estimate of drug-likeness (QED) is 0.521. The highest BCUT2D eigenvalue weighted by Crippen LogP contribution is 1.89. The van der Waals surface area contributed by atoms with E-state index in [4.69, 9.17) is 5.73 Å². The van der Waals surface area contributed by atoms with Crippen molar-refractivity contribution in [2.75, 3.05) is 11.9 Å². The van der Waals surface area contributed by atoms with Gasteiger partial charge in [-0.3, -0.25) is 10.1 Å². The minimum Gasteiger partial charge on any atom is -0.322 e. The lowest BCUT2D eigenvalue weighted by molar-refractivity contribution is -0.114. The molecule has 7 heteroatoms. The first kappa shape index (κ1) is 7.61. The van der Waals surface area contributed by atoms with E-state index in [0.717, 1.165) is 0 Å². The maximum Gasteiger partial charge on any atom is 0.270 e. The molecule has 7 nitrogen and oxygen atoms in total. The molecule has 3 N–H and O–H groups in total. The van der Waals surface area contributed by atoms with Gasteiger partial charge in [-0.2, -0.15) is 4.80 Å². The fraction of sp³-hybridized carbons (Fsp3) is 0.500. The average Bonchev–Trinajstić information content (AvgIpc) is 2.35. The summed E-state index contributed by atoms with van der Waals surface area (Å²) in [5.41, 5.74) is 5.03. The molecule has 0 saturated carbocycles. The Morgan fingerprint density at radius 3 is 3.00 bits per heavy atom. The van der Waals surface area contributed by atoms with Gasteiger partial charge in [-0.25, -0.2) is 0 Å². The van der Waals surface area contributed by atoms with Crippen molar-refractivity contribution in [2.45, 2.75) is 0 Å². The van der Waals surface area contributed by atoms with Crippen molar-refractivity contribution >= 4 is 11.9 Å². The summed E-state index contributed by atoms with van der Waals surface area (Å²) in [7, 11) is 1.60. The molecule has 1 heterocycles. The second kappa shape index (κ2) is 3.06. The molecule has 0 bridgehead atoms. The van der Waals surface area contributed by atoms with Crippen molar-refractivity contribution in [1.29, 1.82) is 0 Å². The van der Waals surface area contributed by atoms with Gasteiger partial charge >= 0.3 is 0 Å². The van der Waals surface area contributed by atoms with E-state index in [1.165, 1.54) is 4.80 Å². The number of aromatic nitrogens is 4. The van der Waals surface area contributed by atoms with Crippen molar-refractivity contribution < 1.29 is 4.79 Å². The second-order valence-corrected chi connectivity index (χ2v) is 1.85. The molecule has 0 aliphatic carbocycles. The first-order chi connectivity index (χ1) is 5.22. The van der Waals surface area contributed by atoms with Gasteiger partial charge in [0.2, 0.25) is 5.91 Å². The summed E-state index contributed by atoms with van der Waals surface area (Å²) >= 11 is 0. The van der Waals surface area contributed by atoms with Crippen LogP contribution in [0.25, 0.3) is 0 Å². The molecular weight excluding hydrogens is 148 g/mol. The summed E-state index contributed by atoms with van der Waals surface area (Å²) in [6.07, 6.45) is 0. The molecule has 1 rings (SSSR count). The summed E-state index contributed by atoms with van der Waals surface area (Å²) < 4.78 is 0. The molecule has 60 valence electrons. The van der Waals surface area contributed by atoms with Gasteiger partial charge in [0, 0.05) is 0 Å². The number of hydrogen-bond acceptors (Lipinski definition) is 5. The molecule has 11 heavy (non-hydrogen) atoms. The standard InChI is InChI=1S/C4H8N6O/c1-10-8-4(7-9-10)6-3(11)2-5/h2,5H2,1H3,(H,6,8,11). The molecule has 0 saturated heterocycles. The average molecular weight is 156 g/mol. The highest BCUT2D eigenvalue weighted by molar-refractivity contribution is 5.90. The second-order valence-electron chi connectivity index (χ2n) is 1.85. The van der Waals surface area contributed by atoms with E-state index in [1.807, 2.05) is 0 Å². The minimum atomic E-state index is -0.335. The number of amides is 1. The first-order valence-corrected chi connectivity index (χ1v) is 2.96. The van der Waals surface area contributed by atoms with E-state index in [1.54, 1.807) is 7.05 Å². The van der Waals surface area contributed by atoms with Crippen molar-refractivity contribution in [3.8, 4) is 0 Å². The normalized spacial score (nSPS) is 9.64. The van der Waals surface area contributed by atoms with Crippen LogP contribution >= 0.6 is 0 Å². The zero-order valence-corrected chi connectivity index (χ0v) is 5.98. The van der Waals surface area contributed by atoms with E-state index in [0.29, 0.717) is 0 Å². The molecule has 0 radical (unpaired) electrons. The third-order valence-electron chi connectivity index (χ3n) is 0.945. The lowest BCUT2D eigenvalue weighted by atomic mass is 10.6. The van der Waals surface area contributed by atoms with E-state index in [-0.39, 0.29) is 18.4 Å². The van der Waals surface area contributed by atoms with Gasteiger partial charge in [0.05, 0.1) is 13.6 Å². The van der Waals surface area contributed by atoms with Crippen molar-refractivity contribution in [2.24, 2.45) is 12.8 Å². The van der Waals surface area contributed by atoms with Crippen LogP contribution in [-0.2, 0) is 11.8 Å². The molecule has 0 spiro atoms. The molecule has 1 amide bonds. The number of carbonyl (C=O) groups excluding carboxylic acids is 1. The molecule has 0 fully saturated rings. The van der Waals surface area contributed by atoms with Crippen molar-refractivity contribution in [3.63, 3.8) is 0 Å². The van der Waals surface area contributed by atoms with Gasteiger partial charge in [-0.05, 0) is 5.21 Å². The number of carbonyl (C=O) groups is 1. The Bertz CT molecular complexity index is 255. The molecule has 0 aliphatic heterocycles. The van der Waals surface area contributed by atoms with Crippen LogP contribution in [0.3, 0.4) is 0 Å². The molecule has 0 aromatic carbocycles. The molecule has 0 unspecified atom stereocenters. The predicted octanol–water partition coefficient (Wildman–Crippen LogP) is -1.89. The highest BCUT2D eigenvalue weighted by Gasteiger charge is 2.02. The number of nitrogens with two attached hydrogens (primary N) is 1. The Kier molecular flexibility index (Phi) is 2.12. The number of rotatable bonds is 2. The molecule has 0 aliphatic rings. The maximum atomic E-state index is 10.6. The monoisotopic (exact) mass is 156 g/mol. The summed E-state index contributed by atoms with van der Waals surface area (Å²) in [4.78, 5) is 11.9. The Hall–Kier alpha value is -1.50. The third-order valence-corrected chi connectivity index (χ3v) is 0.945. The molecule has 1 aromatic rings. The lowest BCUT2D eigenvalue weighted by Crippen LogP contribution is -2.22. The zero-order chi connectivity index (χ0) is 8.27. The van der Waals surface area contributed by atoms with Gasteiger partial charge in [0.25, 0.3) is 5.95 Å². The number of anilines is 1. The summed E-state index contributed by atoms with van der Waals surface area (Å²) in [5.74, 6) is -0.166. The number of nitrogens with zero attached hydrogens (tertiary/aromatic N) is 4. The zero-order valence-electron chi connectivity index (χ0n) is 5.98. The lowest BCUT2D eigenvalue weighted by Gasteiger charge is -1.93. The Morgan fingerprint density at radius 1 is 1.82 bits per heavy atom. The van der Waals surface area contributed by atoms with Gasteiger partial charge < -0.3 is 5.73 Å². The number of aryl methyl sites for hydroxylation is 1. The molecule has 0 atom stereocenters. The first-order valence-electron chi connectivity index (χ1n) is 2.96. The topological polar surface area (TPSA) is 98.7 Å². The predicted molar refractivity (Wildman–Crippen MR) is 36.5 cm³/mol. The van der Waals surface area contributed by atoms with E-state index >= 15 is 0 Å². The van der Waals surface area contributed by atoms with Crippen molar-refractivity contribution in [1.82, 2.24) is 20.2 Å². The van der Waals surface area contributed by atoms with Crippen LogP contribution in [0.15, 0.2) is 0 Å². The number of hydrogen-bond donors (Lipinski definition) is 2. The summed E-state index contributed by atoms with van der Waals surface area (Å²) in [6, 6.07) is 0. The fourth-order valence-corrected chi connectivity index (χ4v) is 0.510. The van der Waals surface area contributed by atoms with E-state index < -0.39 is 0 Å². The van der Waals surface area contributed by atoms with Crippen LogP contribution in [0.5, 0.6) is 0 Å². The van der Waals surface area contributed by atoms with Gasteiger partial charge in [0.1, 0.15) is 0 Å². The summed E-state index contributed by atoms with van der Waals surface area (Å²) in [5, 5.41) is 13.1. The van der Waals surface area contributed by atoms with E-state index in [9.17, 15) is 4.79 Å². The molecule has 1 aromatic heterocycles. The van der Waals surface area contributed by atoms with Gasteiger partial charge in [-0.1, -0.05) is 5.10 Å². The van der Waals surface area contributed by atoms with Crippen LogP contribution in [0.2, 0.25) is 0 Å². The summed E-state index contributed by atoms with van der Waals surface area (Å²) in [6.45, 7) is -0.0851. The van der Waals surface area contributed by atoms with E-state index in [2.05, 4.69) is 20.7 Å². The highest BCUT2D eigenvalue weighted by atomic mass is 16.2. The Balaban J connectivity index is 2.57. The van der Waals surface area contributed by atoms with Gasteiger partial charge in [0.15, 0.2) is 0 Å². The van der Waals surface area contributed by atoms with Crippen LogP contribution in [-0.4, -0.2) is 32.7 Å². The van der Waals surface area contributed by atoms with Crippen LogP contribution in [0.4, 0.5) is 5.95 Å². The number of tetrazole rings is 1.